The molecule has 2 aliphatic rings. The zero-order chi connectivity index (χ0) is 14.2. The molecule has 1 aromatic heterocycles. The van der Waals surface area contributed by atoms with Gasteiger partial charge in [-0.2, -0.15) is 0 Å². The van der Waals surface area contributed by atoms with Crippen LogP contribution in [0.15, 0.2) is 36.4 Å². The Balaban J connectivity index is 1.66. The summed E-state index contributed by atoms with van der Waals surface area (Å²) in [4.78, 5) is 19.4. The van der Waals surface area contributed by atoms with E-state index in [4.69, 9.17) is 0 Å². The van der Waals surface area contributed by atoms with Gasteiger partial charge in [-0.15, -0.1) is 0 Å². The second-order valence-electron chi connectivity index (χ2n) is 6.02. The van der Waals surface area contributed by atoms with Crippen molar-refractivity contribution in [1.82, 2.24) is 15.2 Å². The molecule has 108 valence electrons. The number of hydrogen-bond acceptors (Lipinski definition) is 3. The molecule has 4 nitrogen and oxygen atoms in total. The van der Waals surface area contributed by atoms with Crippen LogP contribution in [0.4, 0.5) is 0 Å². The van der Waals surface area contributed by atoms with Gasteiger partial charge < -0.3 is 10.2 Å². The van der Waals surface area contributed by atoms with Crippen LogP contribution < -0.4 is 5.32 Å². The van der Waals surface area contributed by atoms with Gasteiger partial charge in [0.25, 0.3) is 5.91 Å². The summed E-state index contributed by atoms with van der Waals surface area (Å²) in [6, 6.07) is 12.1. The fraction of sp³-hybridized carbons (Fsp3) is 0.412. The minimum Gasteiger partial charge on any atom is -0.333 e. The highest BCUT2D eigenvalue weighted by atomic mass is 16.2. The van der Waals surface area contributed by atoms with Crippen molar-refractivity contribution in [3.8, 4) is 0 Å². The molecule has 2 atom stereocenters. The average Bonchev–Trinajstić information content (AvgIpc) is 3.02. The van der Waals surface area contributed by atoms with E-state index in [0.29, 0.717) is 17.7 Å². The number of pyridine rings is 1. The number of likely N-dealkylation sites (tertiary alicyclic amines) is 1. The lowest BCUT2D eigenvalue weighted by Crippen LogP contribution is -2.48. The number of fused-ring (bicyclic) bond motifs is 2. The van der Waals surface area contributed by atoms with Crippen LogP contribution in [0, 0.1) is 5.92 Å². The first-order valence-corrected chi connectivity index (χ1v) is 7.70. The van der Waals surface area contributed by atoms with Crippen LogP contribution in [-0.2, 0) is 0 Å². The van der Waals surface area contributed by atoms with E-state index < -0.39 is 0 Å². The Kier molecular flexibility index (Phi) is 3.11. The summed E-state index contributed by atoms with van der Waals surface area (Å²) >= 11 is 0. The maximum Gasteiger partial charge on any atom is 0.272 e. The highest BCUT2D eigenvalue weighted by Gasteiger charge is 2.37. The van der Waals surface area contributed by atoms with Gasteiger partial charge in [0.2, 0.25) is 0 Å². The quantitative estimate of drug-likeness (QED) is 0.870. The molecule has 2 aromatic rings. The predicted octanol–water partition coefficient (Wildman–Crippen LogP) is 2.06. The van der Waals surface area contributed by atoms with E-state index in [2.05, 4.69) is 10.3 Å². The van der Waals surface area contributed by atoms with E-state index in [-0.39, 0.29) is 5.91 Å². The van der Waals surface area contributed by atoms with Gasteiger partial charge in [0.15, 0.2) is 0 Å². The van der Waals surface area contributed by atoms with Gasteiger partial charge >= 0.3 is 0 Å². The number of carbonyl (C=O) groups is 1. The topological polar surface area (TPSA) is 45.2 Å². The first-order valence-electron chi connectivity index (χ1n) is 7.70. The van der Waals surface area contributed by atoms with Crippen LogP contribution in [0.5, 0.6) is 0 Å². The molecule has 1 amide bonds. The standard InChI is InChI=1S/C17H19N3O/c21-17(20-9-3-5-13-10-18-11-16(13)20)15-8-7-12-4-1-2-6-14(12)19-15/h1-2,4,6-8,13,16,18H,3,5,9-11H2. The third kappa shape index (κ3) is 2.20. The Morgan fingerprint density at radius 2 is 2.10 bits per heavy atom. The number of piperidine rings is 1. The number of amides is 1. The number of nitrogens with zero attached hydrogens (tertiary/aromatic N) is 2. The molecular weight excluding hydrogens is 262 g/mol. The Hall–Kier alpha value is -1.94. The van der Waals surface area contributed by atoms with E-state index in [9.17, 15) is 4.79 Å². The minimum absolute atomic E-state index is 0.0825. The Morgan fingerprint density at radius 1 is 1.19 bits per heavy atom. The monoisotopic (exact) mass is 281 g/mol. The van der Waals surface area contributed by atoms with Crippen LogP contribution in [0.1, 0.15) is 23.3 Å². The van der Waals surface area contributed by atoms with Crippen LogP contribution in [0.2, 0.25) is 0 Å². The van der Waals surface area contributed by atoms with Gasteiger partial charge in [-0.05, 0) is 30.9 Å². The smallest absolute Gasteiger partial charge is 0.272 e. The molecule has 4 heteroatoms. The molecule has 0 spiro atoms. The molecular formula is C17H19N3O. The number of carbonyl (C=O) groups excluding carboxylic acids is 1. The molecule has 0 radical (unpaired) electrons. The average molecular weight is 281 g/mol. The van der Waals surface area contributed by atoms with Crippen LogP contribution in [0.25, 0.3) is 10.9 Å². The van der Waals surface area contributed by atoms with Crippen molar-refractivity contribution in [3.05, 3.63) is 42.1 Å². The number of rotatable bonds is 1. The van der Waals surface area contributed by atoms with Crippen LogP contribution in [0.3, 0.4) is 0 Å². The van der Waals surface area contributed by atoms with Gasteiger partial charge in [-0.25, -0.2) is 4.98 Å². The molecule has 3 heterocycles. The molecule has 4 rings (SSSR count). The summed E-state index contributed by atoms with van der Waals surface area (Å²) in [5, 5.41) is 4.49. The van der Waals surface area contributed by atoms with Gasteiger partial charge in [0, 0.05) is 31.1 Å². The predicted molar refractivity (Wildman–Crippen MR) is 82.2 cm³/mol. The lowest BCUT2D eigenvalue weighted by molar-refractivity contribution is 0.0569. The summed E-state index contributed by atoms with van der Waals surface area (Å²) in [6.07, 6.45) is 2.33. The first-order chi connectivity index (χ1) is 10.3. The lowest BCUT2D eigenvalue weighted by atomic mass is 9.92. The molecule has 1 aromatic carbocycles. The molecule has 21 heavy (non-hydrogen) atoms. The molecule has 0 saturated carbocycles. The van der Waals surface area contributed by atoms with Crippen molar-refractivity contribution in [3.63, 3.8) is 0 Å². The second kappa shape index (κ2) is 5.11. The third-order valence-corrected chi connectivity index (χ3v) is 4.76. The largest absolute Gasteiger partial charge is 0.333 e. The lowest BCUT2D eigenvalue weighted by Gasteiger charge is -2.36. The van der Waals surface area contributed by atoms with E-state index in [1.54, 1.807) is 0 Å². The number of nitrogens with one attached hydrogen (secondary N) is 1. The Labute approximate surface area is 124 Å². The van der Waals surface area contributed by atoms with E-state index >= 15 is 0 Å². The first kappa shape index (κ1) is 12.8. The van der Waals surface area contributed by atoms with Gasteiger partial charge in [0.05, 0.1) is 5.52 Å². The number of para-hydroxylation sites is 1. The fourth-order valence-corrected chi connectivity index (χ4v) is 3.65. The molecule has 0 aliphatic carbocycles. The number of hydrogen-bond donors (Lipinski definition) is 1. The Bertz CT molecular complexity index is 685. The fourth-order valence-electron chi connectivity index (χ4n) is 3.65. The molecule has 2 aliphatic heterocycles. The van der Waals surface area contributed by atoms with E-state index in [0.717, 1.165) is 37.0 Å². The number of benzene rings is 1. The van der Waals surface area contributed by atoms with Gasteiger partial charge in [-0.3, -0.25) is 4.79 Å². The van der Waals surface area contributed by atoms with Crippen LogP contribution >= 0.6 is 0 Å². The van der Waals surface area contributed by atoms with Crippen molar-refractivity contribution in [2.45, 2.75) is 18.9 Å². The molecule has 1 N–H and O–H groups in total. The summed E-state index contributed by atoms with van der Waals surface area (Å²) in [5.41, 5.74) is 1.46. The minimum atomic E-state index is 0.0825. The van der Waals surface area contributed by atoms with Crippen molar-refractivity contribution < 1.29 is 4.79 Å². The third-order valence-electron chi connectivity index (χ3n) is 4.76. The van der Waals surface area contributed by atoms with E-state index in [1.165, 1.54) is 6.42 Å². The maximum atomic E-state index is 12.8. The van der Waals surface area contributed by atoms with Crippen molar-refractivity contribution in [2.24, 2.45) is 5.92 Å². The summed E-state index contributed by atoms with van der Waals surface area (Å²) in [7, 11) is 0. The summed E-state index contributed by atoms with van der Waals surface area (Å²) < 4.78 is 0. The molecule has 2 unspecified atom stereocenters. The van der Waals surface area contributed by atoms with E-state index in [1.807, 2.05) is 41.3 Å². The van der Waals surface area contributed by atoms with Crippen molar-refractivity contribution >= 4 is 16.8 Å². The normalized spacial score (nSPS) is 25.0. The van der Waals surface area contributed by atoms with Gasteiger partial charge in [-0.1, -0.05) is 24.3 Å². The highest BCUT2D eigenvalue weighted by Crippen LogP contribution is 2.27. The van der Waals surface area contributed by atoms with Crippen molar-refractivity contribution in [2.75, 3.05) is 19.6 Å². The summed E-state index contributed by atoms with van der Waals surface area (Å²) in [5.74, 6) is 0.697. The SMILES string of the molecule is O=C(c1ccc2ccccc2n1)N1CCCC2CNCC21. The van der Waals surface area contributed by atoms with Crippen LogP contribution in [-0.4, -0.2) is 41.5 Å². The maximum absolute atomic E-state index is 12.8. The number of aromatic nitrogens is 1. The summed E-state index contributed by atoms with van der Waals surface area (Å²) in [6.45, 7) is 2.82. The second-order valence-corrected chi connectivity index (χ2v) is 6.02. The molecule has 2 saturated heterocycles. The zero-order valence-corrected chi connectivity index (χ0v) is 12.0. The Morgan fingerprint density at radius 3 is 3.05 bits per heavy atom. The molecule has 0 bridgehead atoms. The molecule has 2 fully saturated rings. The zero-order valence-electron chi connectivity index (χ0n) is 12.0. The van der Waals surface area contributed by atoms with Gasteiger partial charge in [0.1, 0.15) is 5.69 Å². The highest BCUT2D eigenvalue weighted by molar-refractivity contribution is 5.95. The van der Waals surface area contributed by atoms with Crippen molar-refractivity contribution in [1.29, 1.82) is 0 Å².